The summed E-state index contributed by atoms with van der Waals surface area (Å²) in [5, 5.41) is 1.04. The number of hydrogen-bond donors (Lipinski definition) is 0. The van der Waals surface area contributed by atoms with Gasteiger partial charge >= 0.3 is 5.16 Å². The molecule has 3 rings (SSSR count). The second-order valence-corrected chi connectivity index (χ2v) is 7.57. The lowest BCUT2D eigenvalue weighted by molar-refractivity contribution is -0.713. The fraction of sp³-hybridized carbons (Fsp3) is 0.227. The molecule has 3 aromatic rings. The van der Waals surface area contributed by atoms with Crippen LogP contribution >= 0.6 is 11.8 Å². The van der Waals surface area contributed by atoms with Crippen LogP contribution in [0.2, 0.25) is 0 Å². The van der Waals surface area contributed by atoms with Crippen molar-refractivity contribution in [3.05, 3.63) is 78.4 Å². The van der Waals surface area contributed by atoms with E-state index >= 15 is 0 Å². The topological polar surface area (TPSA) is 23.9 Å². The summed E-state index contributed by atoms with van der Waals surface area (Å²) >= 11 is 1.78. The van der Waals surface area contributed by atoms with Gasteiger partial charge in [0.05, 0.1) is 13.2 Å². The predicted molar refractivity (Wildman–Crippen MR) is 112 cm³/mol. The lowest BCUT2D eigenvalue weighted by Gasteiger charge is -2.18. The van der Waals surface area contributed by atoms with Crippen molar-refractivity contribution in [3.63, 3.8) is 0 Å². The van der Waals surface area contributed by atoms with E-state index in [0.29, 0.717) is 0 Å². The minimum atomic E-state index is 0.970. The van der Waals surface area contributed by atoms with Crippen LogP contribution in [0.15, 0.2) is 72.4 Å². The molecule has 138 valence electrons. The molecule has 5 heteroatoms. The highest BCUT2D eigenvalue weighted by atomic mass is 32.2. The Morgan fingerprint density at radius 1 is 0.963 bits per heavy atom. The van der Waals surface area contributed by atoms with E-state index in [9.17, 15) is 0 Å². The number of nitrogens with zero attached hydrogens (tertiary/aromatic N) is 4. The third-order valence-electron chi connectivity index (χ3n) is 4.35. The van der Waals surface area contributed by atoms with Crippen molar-refractivity contribution in [2.75, 3.05) is 24.2 Å². The van der Waals surface area contributed by atoms with Crippen LogP contribution < -0.4 is 14.0 Å². The average Bonchev–Trinajstić information content (AvgIpc) is 2.69. The fourth-order valence-corrected chi connectivity index (χ4v) is 3.57. The number of pyridine rings is 1. The van der Waals surface area contributed by atoms with Crippen molar-refractivity contribution in [3.8, 4) is 0 Å². The molecule has 0 atom stereocenters. The Labute approximate surface area is 165 Å². The maximum Gasteiger partial charge on any atom is 0.358 e. The van der Waals surface area contributed by atoms with Gasteiger partial charge in [-0.25, -0.2) is 9.13 Å². The van der Waals surface area contributed by atoms with E-state index in [1.54, 1.807) is 11.8 Å². The summed E-state index contributed by atoms with van der Waals surface area (Å²) in [7, 11) is 6.19. The monoisotopic (exact) mass is 378 g/mol. The van der Waals surface area contributed by atoms with Crippen LogP contribution in [-0.4, -0.2) is 24.3 Å². The molecule has 0 radical (unpaired) electrons. The van der Waals surface area contributed by atoms with Gasteiger partial charge in [0.25, 0.3) is 0 Å². The Morgan fingerprint density at radius 3 is 2.30 bits per heavy atom. The summed E-state index contributed by atoms with van der Waals surface area (Å²) in [5.41, 5.74) is 3.63. The number of aryl methyl sites for hydroxylation is 2. The molecule has 0 fully saturated rings. The molecule has 4 nitrogen and oxygen atoms in total. The van der Waals surface area contributed by atoms with Gasteiger partial charge in [-0.2, -0.15) is 0 Å². The Hall–Kier alpha value is -2.66. The zero-order valence-electron chi connectivity index (χ0n) is 16.1. The van der Waals surface area contributed by atoms with E-state index in [2.05, 4.69) is 82.4 Å². The third-order valence-corrected chi connectivity index (χ3v) is 5.38. The van der Waals surface area contributed by atoms with E-state index in [1.165, 1.54) is 16.8 Å². The highest BCUT2D eigenvalue weighted by Gasteiger charge is 2.09. The molecule has 0 saturated carbocycles. The predicted octanol–water partition coefficient (Wildman–Crippen LogP) is 3.13. The molecule has 27 heavy (non-hydrogen) atoms. The smallest absolute Gasteiger partial charge is 0.358 e. The molecular weight excluding hydrogens is 352 g/mol. The lowest BCUT2D eigenvalue weighted by atomic mass is 10.1. The molecule has 0 aliphatic carbocycles. The Morgan fingerprint density at radius 2 is 1.63 bits per heavy atom. The summed E-state index contributed by atoms with van der Waals surface area (Å²) in [4.78, 5) is 6.69. The van der Waals surface area contributed by atoms with Crippen LogP contribution in [0, 0.1) is 0 Å². The number of thioether (sulfide) groups is 1. The largest absolute Gasteiger partial charge is 0.374 e. The first-order valence-corrected chi connectivity index (χ1v) is 9.98. The number of anilines is 1. The van der Waals surface area contributed by atoms with Crippen molar-refractivity contribution < 1.29 is 9.13 Å². The van der Waals surface area contributed by atoms with Gasteiger partial charge in [-0.3, -0.25) is 0 Å². The first-order chi connectivity index (χ1) is 13.1. The van der Waals surface area contributed by atoms with Crippen LogP contribution in [0.25, 0.3) is 12.2 Å². The van der Waals surface area contributed by atoms with Crippen LogP contribution in [-0.2, 0) is 14.1 Å². The Balaban J connectivity index is 1.53. The maximum atomic E-state index is 4.41. The van der Waals surface area contributed by atoms with E-state index in [0.717, 1.165) is 17.5 Å². The van der Waals surface area contributed by atoms with Crippen LogP contribution in [0.3, 0.4) is 0 Å². The standard InChI is InChI=1S/C22H26N4S/c1-24-15-11-20(12-16-24)6-5-19-7-9-21(10-8-19)25(2)17-18-27-22-23-13-4-14-26(22)3/h4-16H,17-18H2,1-3H3/q+2. The second-order valence-electron chi connectivity index (χ2n) is 6.50. The van der Waals surface area contributed by atoms with Crippen molar-refractivity contribution in [2.24, 2.45) is 14.1 Å². The number of benzene rings is 1. The summed E-state index contributed by atoms with van der Waals surface area (Å²) < 4.78 is 4.09. The van der Waals surface area contributed by atoms with E-state index < -0.39 is 0 Å². The van der Waals surface area contributed by atoms with Crippen molar-refractivity contribution in [1.82, 2.24) is 4.98 Å². The third kappa shape index (κ3) is 5.66. The maximum absolute atomic E-state index is 4.41. The fourth-order valence-electron chi connectivity index (χ4n) is 2.63. The molecule has 1 aromatic carbocycles. The van der Waals surface area contributed by atoms with Gasteiger partial charge in [0.2, 0.25) is 0 Å². The molecule has 0 bridgehead atoms. The van der Waals surface area contributed by atoms with Gasteiger partial charge in [0, 0.05) is 43.2 Å². The molecule has 0 aliphatic rings. The Bertz CT molecular complexity index is 889. The number of rotatable bonds is 7. The lowest BCUT2D eigenvalue weighted by Crippen LogP contribution is -2.31. The summed E-state index contributed by atoms with van der Waals surface area (Å²) in [6.07, 6.45) is 12.3. The van der Waals surface area contributed by atoms with E-state index in [4.69, 9.17) is 0 Å². The zero-order valence-corrected chi connectivity index (χ0v) is 16.9. The van der Waals surface area contributed by atoms with Crippen molar-refractivity contribution in [1.29, 1.82) is 0 Å². The molecule has 2 aromatic heterocycles. The quantitative estimate of drug-likeness (QED) is 0.359. The zero-order chi connectivity index (χ0) is 19.1. The van der Waals surface area contributed by atoms with Crippen LogP contribution in [0.4, 0.5) is 5.69 Å². The number of aromatic nitrogens is 3. The molecule has 0 N–H and O–H groups in total. The average molecular weight is 379 g/mol. The van der Waals surface area contributed by atoms with Gasteiger partial charge < -0.3 is 4.90 Å². The Kier molecular flexibility index (Phi) is 6.60. The summed E-state index contributed by atoms with van der Waals surface area (Å²) in [5.74, 6) is 0.994. The second kappa shape index (κ2) is 9.33. The molecule has 0 spiro atoms. The SMILES string of the molecule is CN(CCSc1nccc[n+]1C)c1ccc(/C=C/c2cc[n+](C)cc2)cc1. The molecule has 2 heterocycles. The molecule has 0 unspecified atom stereocenters. The van der Waals surface area contributed by atoms with Crippen LogP contribution in [0.1, 0.15) is 11.1 Å². The summed E-state index contributed by atoms with van der Waals surface area (Å²) in [6.45, 7) is 0.970. The minimum absolute atomic E-state index is 0.970. The highest BCUT2D eigenvalue weighted by molar-refractivity contribution is 7.99. The van der Waals surface area contributed by atoms with E-state index in [1.807, 2.05) is 37.1 Å². The molecule has 0 aliphatic heterocycles. The molecule has 0 saturated heterocycles. The molecular formula is C22H26N4S+2. The normalized spacial score (nSPS) is 11.1. The van der Waals surface area contributed by atoms with E-state index in [-0.39, 0.29) is 0 Å². The highest BCUT2D eigenvalue weighted by Crippen LogP contribution is 2.17. The van der Waals surface area contributed by atoms with Gasteiger partial charge in [0.15, 0.2) is 12.4 Å². The first kappa shape index (κ1) is 19.1. The molecule has 0 amide bonds. The minimum Gasteiger partial charge on any atom is -0.374 e. The van der Waals surface area contributed by atoms with Crippen molar-refractivity contribution >= 4 is 29.6 Å². The van der Waals surface area contributed by atoms with Crippen molar-refractivity contribution in [2.45, 2.75) is 5.16 Å². The first-order valence-electron chi connectivity index (χ1n) is 9.00. The van der Waals surface area contributed by atoms with Gasteiger partial charge in [0.1, 0.15) is 13.2 Å². The number of hydrogen-bond acceptors (Lipinski definition) is 3. The summed E-state index contributed by atoms with van der Waals surface area (Å²) in [6, 6.07) is 14.8. The van der Waals surface area contributed by atoms with Gasteiger partial charge in [-0.05, 0) is 40.0 Å². The van der Waals surface area contributed by atoms with Gasteiger partial charge in [-0.1, -0.05) is 24.3 Å². The van der Waals surface area contributed by atoms with Crippen LogP contribution in [0.5, 0.6) is 0 Å². The van der Waals surface area contributed by atoms with Gasteiger partial charge in [-0.15, -0.1) is 0 Å².